The Balaban J connectivity index is 2.08. The third-order valence-electron chi connectivity index (χ3n) is 3.53. The predicted octanol–water partition coefficient (Wildman–Crippen LogP) is 3.39. The van der Waals surface area contributed by atoms with Crippen LogP contribution >= 0.6 is 22.6 Å². The van der Waals surface area contributed by atoms with Crippen LogP contribution in [-0.2, 0) is 0 Å². The highest BCUT2D eigenvalue weighted by Gasteiger charge is 2.39. The van der Waals surface area contributed by atoms with Gasteiger partial charge in [0.15, 0.2) is 0 Å². The molecule has 0 heterocycles. The van der Waals surface area contributed by atoms with E-state index >= 15 is 0 Å². The van der Waals surface area contributed by atoms with E-state index in [1.165, 1.54) is 4.43 Å². The topological polar surface area (TPSA) is 0 Å². The molecule has 0 unspecified atom stereocenters. The van der Waals surface area contributed by atoms with Crippen LogP contribution in [0.5, 0.6) is 0 Å². The standard InChI is InChI=1S/C9H15I/c10-7-9-4-1-8(2-5-9)3-6-9/h8H,1-7H2. The Morgan fingerprint density at radius 3 is 1.90 bits per heavy atom. The number of halogens is 1. The monoisotopic (exact) mass is 250 g/mol. The van der Waals surface area contributed by atoms with E-state index in [1.54, 1.807) is 38.5 Å². The minimum atomic E-state index is 0.815. The van der Waals surface area contributed by atoms with E-state index in [1.807, 2.05) is 0 Å². The van der Waals surface area contributed by atoms with Gasteiger partial charge in [-0.3, -0.25) is 0 Å². The average molecular weight is 250 g/mol. The molecule has 0 spiro atoms. The highest BCUT2D eigenvalue weighted by Crippen LogP contribution is 2.50. The maximum atomic E-state index is 2.58. The van der Waals surface area contributed by atoms with Crippen LogP contribution in [0.4, 0.5) is 0 Å². The third-order valence-corrected chi connectivity index (χ3v) is 5.15. The molecule has 1 heteroatoms. The SMILES string of the molecule is ICC12CCC(CC1)CC2. The third kappa shape index (κ3) is 1.10. The van der Waals surface area contributed by atoms with Crippen molar-refractivity contribution >= 4 is 22.6 Å². The molecule has 0 atom stereocenters. The zero-order valence-corrected chi connectivity index (χ0v) is 8.56. The van der Waals surface area contributed by atoms with E-state index in [2.05, 4.69) is 22.6 Å². The average Bonchev–Trinajstić information content (AvgIpc) is 2.08. The Hall–Kier alpha value is 0.730. The summed E-state index contributed by atoms with van der Waals surface area (Å²) in [6, 6.07) is 0. The minimum absolute atomic E-state index is 0.815. The minimum Gasteiger partial charge on any atom is -0.0858 e. The summed E-state index contributed by atoms with van der Waals surface area (Å²) < 4.78 is 1.41. The van der Waals surface area contributed by atoms with Crippen molar-refractivity contribution in [2.75, 3.05) is 4.43 Å². The highest BCUT2D eigenvalue weighted by molar-refractivity contribution is 14.1. The van der Waals surface area contributed by atoms with Crippen molar-refractivity contribution in [3.63, 3.8) is 0 Å². The molecule has 0 amide bonds. The Labute approximate surface area is 76.9 Å². The van der Waals surface area contributed by atoms with Gasteiger partial charge in [0, 0.05) is 4.43 Å². The van der Waals surface area contributed by atoms with Crippen molar-refractivity contribution < 1.29 is 0 Å². The molecule has 0 radical (unpaired) electrons. The summed E-state index contributed by atoms with van der Waals surface area (Å²) in [6.45, 7) is 0. The summed E-state index contributed by atoms with van der Waals surface area (Å²) in [5.41, 5.74) is 0.815. The molecule has 2 bridgehead atoms. The predicted molar refractivity (Wildman–Crippen MR) is 52.5 cm³/mol. The molecular weight excluding hydrogens is 235 g/mol. The first-order valence-electron chi connectivity index (χ1n) is 4.41. The lowest BCUT2D eigenvalue weighted by Crippen LogP contribution is -2.35. The molecule has 3 saturated carbocycles. The van der Waals surface area contributed by atoms with Gasteiger partial charge in [-0.25, -0.2) is 0 Å². The van der Waals surface area contributed by atoms with Crippen molar-refractivity contribution in [3.05, 3.63) is 0 Å². The summed E-state index contributed by atoms with van der Waals surface area (Å²) in [5, 5.41) is 0. The number of hydrogen-bond acceptors (Lipinski definition) is 0. The molecule has 3 fully saturated rings. The summed E-state index contributed by atoms with van der Waals surface area (Å²) in [7, 11) is 0. The molecule has 3 aliphatic rings. The molecule has 3 rings (SSSR count). The van der Waals surface area contributed by atoms with Crippen LogP contribution < -0.4 is 0 Å². The van der Waals surface area contributed by atoms with E-state index in [4.69, 9.17) is 0 Å². The summed E-state index contributed by atoms with van der Waals surface area (Å²) in [4.78, 5) is 0. The Morgan fingerprint density at radius 1 is 1.10 bits per heavy atom. The van der Waals surface area contributed by atoms with Crippen LogP contribution in [0.2, 0.25) is 0 Å². The molecular formula is C9H15I. The van der Waals surface area contributed by atoms with Gasteiger partial charge in [-0.15, -0.1) is 0 Å². The van der Waals surface area contributed by atoms with Crippen molar-refractivity contribution in [1.82, 2.24) is 0 Å². The molecule has 0 aromatic carbocycles. The van der Waals surface area contributed by atoms with Gasteiger partial charge >= 0.3 is 0 Å². The molecule has 58 valence electrons. The van der Waals surface area contributed by atoms with Crippen LogP contribution in [-0.4, -0.2) is 4.43 Å². The highest BCUT2D eigenvalue weighted by atomic mass is 127. The normalized spacial score (nSPS) is 45.9. The first kappa shape index (κ1) is 7.38. The lowest BCUT2D eigenvalue weighted by atomic mass is 9.62. The van der Waals surface area contributed by atoms with Gasteiger partial charge in [0.05, 0.1) is 0 Å². The first-order chi connectivity index (χ1) is 4.85. The van der Waals surface area contributed by atoms with E-state index in [-0.39, 0.29) is 0 Å². The van der Waals surface area contributed by atoms with Gasteiger partial charge in [0.1, 0.15) is 0 Å². The molecule has 0 aromatic heterocycles. The van der Waals surface area contributed by atoms with E-state index in [0.29, 0.717) is 0 Å². The van der Waals surface area contributed by atoms with Crippen molar-refractivity contribution in [2.24, 2.45) is 11.3 Å². The maximum absolute atomic E-state index is 2.58. The quantitative estimate of drug-likeness (QED) is 0.494. The smallest absolute Gasteiger partial charge is 0.00520 e. The summed E-state index contributed by atoms with van der Waals surface area (Å²) in [6.07, 6.45) is 9.26. The van der Waals surface area contributed by atoms with E-state index < -0.39 is 0 Å². The Kier molecular flexibility index (Phi) is 1.96. The zero-order valence-electron chi connectivity index (χ0n) is 6.41. The second-order valence-electron chi connectivity index (χ2n) is 4.12. The van der Waals surface area contributed by atoms with Crippen molar-refractivity contribution in [2.45, 2.75) is 38.5 Å². The number of hydrogen-bond donors (Lipinski definition) is 0. The van der Waals surface area contributed by atoms with Gasteiger partial charge in [-0.2, -0.15) is 0 Å². The van der Waals surface area contributed by atoms with Crippen LogP contribution in [0.15, 0.2) is 0 Å². The van der Waals surface area contributed by atoms with E-state index in [9.17, 15) is 0 Å². The fourth-order valence-corrected chi connectivity index (χ4v) is 3.68. The lowest BCUT2D eigenvalue weighted by molar-refractivity contribution is 0.0905. The molecule has 0 aliphatic heterocycles. The molecule has 3 aliphatic carbocycles. The van der Waals surface area contributed by atoms with E-state index in [0.717, 1.165) is 11.3 Å². The van der Waals surface area contributed by atoms with Gasteiger partial charge in [0.2, 0.25) is 0 Å². The first-order valence-corrected chi connectivity index (χ1v) is 5.93. The van der Waals surface area contributed by atoms with Crippen molar-refractivity contribution in [3.8, 4) is 0 Å². The van der Waals surface area contributed by atoms with Crippen LogP contribution in [0.25, 0.3) is 0 Å². The van der Waals surface area contributed by atoms with Gasteiger partial charge in [-0.1, -0.05) is 22.6 Å². The van der Waals surface area contributed by atoms with Crippen molar-refractivity contribution in [1.29, 1.82) is 0 Å². The van der Waals surface area contributed by atoms with Crippen LogP contribution in [0.3, 0.4) is 0 Å². The molecule has 0 aromatic rings. The molecule has 10 heavy (non-hydrogen) atoms. The molecule has 0 nitrogen and oxygen atoms in total. The fraction of sp³-hybridized carbons (Fsp3) is 1.00. The van der Waals surface area contributed by atoms with Crippen LogP contribution in [0, 0.1) is 11.3 Å². The second-order valence-corrected chi connectivity index (χ2v) is 4.88. The van der Waals surface area contributed by atoms with Gasteiger partial charge in [0.25, 0.3) is 0 Å². The summed E-state index contributed by atoms with van der Waals surface area (Å²) in [5.74, 6) is 1.13. The maximum Gasteiger partial charge on any atom is 0.00520 e. The number of alkyl halides is 1. The number of rotatable bonds is 1. The van der Waals surface area contributed by atoms with Gasteiger partial charge in [-0.05, 0) is 49.9 Å². The molecule has 0 N–H and O–H groups in total. The van der Waals surface area contributed by atoms with Crippen LogP contribution in [0.1, 0.15) is 38.5 Å². The lowest BCUT2D eigenvalue weighted by Gasteiger charge is -2.45. The van der Waals surface area contributed by atoms with Gasteiger partial charge < -0.3 is 0 Å². The fourth-order valence-electron chi connectivity index (χ4n) is 2.54. The summed E-state index contributed by atoms with van der Waals surface area (Å²) >= 11 is 2.58. The largest absolute Gasteiger partial charge is 0.0858 e. The Bertz CT molecular complexity index is 109. The molecule has 0 saturated heterocycles. The zero-order chi connectivity index (χ0) is 7.03. The Morgan fingerprint density at radius 2 is 1.60 bits per heavy atom. The second kappa shape index (κ2) is 2.65. The number of fused-ring (bicyclic) bond motifs is 3.